The summed E-state index contributed by atoms with van der Waals surface area (Å²) in [5.41, 5.74) is 0.910. The number of hydrogen-bond donors (Lipinski definition) is 1. The molecule has 1 heterocycles. The summed E-state index contributed by atoms with van der Waals surface area (Å²) in [6.45, 7) is 3.51. The molecule has 0 bridgehead atoms. The largest absolute Gasteiger partial charge is 0.491 e. The van der Waals surface area contributed by atoms with Gasteiger partial charge in [-0.05, 0) is 43.3 Å². The lowest BCUT2D eigenvalue weighted by Crippen LogP contribution is -2.06. The highest BCUT2D eigenvalue weighted by atomic mass is 16.5. The van der Waals surface area contributed by atoms with Crippen LogP contribution < -0.4 is 10.2 Å². The highest BCUT2D eigenvalue weighted by Gasteiger charge is 2.08. The molecule has 0 radical (unpaired) electrons. The van der Waals surface area contributed by atoms with E-state index in [1.165, 1.54) is 24.3 Å². The second-order valence-electron chi connectivity index (χ2n) is 5.95. The molecule has 6 heteroatoms. The standard InChI is InChI=1S/C22H20O6/c1-2-26-11-12-27-20-6-4-3-5-15(20)7-9-17-14-19(23)18-13-16(22(24)25)8-10-21(18)28-17/h3-10,13-14H,2,11-12H2,1H3,(H,24,25). The third kappa shape index (κ3) is 4.66. The van der Waals surface area contributed by atoms with Crippen LogP contribution in [-0.4, -0.2) is 30.9 Å². The van der Waals surface area contributed by atoms with Crippen molar-refractivity contribution in [2.24, 2.45) is 0 Å². The van der Waals surface area contributed by atoms with Gasteiger partial charge < -0.3 is 19.0 Å². The Morgan fingerprint density at radius 2 is 1.93 bits per heavy atom. The smallest absolute Gasteiger partial charge is 0.335 e. The van der Waals surface area contributed by atoms with Gasteiger partial charge in [0.15, 0.2) is 5.43 Å². The number of para-hydroxylation sites is 1. The van der Waals surface area contributed by atoms with Crippen molar-refractivity contribution in [3.8, 4) is 5.75 Å². The zero-order valence-electron chi connectivity index (χ0n) is 15.4. The quantitative estimate of drug-likeness (QED) is 0.593. The molecule has 2 aromatic carbocycles. The number of carboxylic acids is 1. The van der Waals surface area contributed by atoms with Crippen molar-refractivity contribution >= 4 is 29.1 Å². The Hall–Kier alpha value is -3.38. The normalized spacial score (nSPS) is 11.2. The Morgan fingerprint density at radius 1 is 1.11 bits per heavy atom. The number of benzene rings is 2. The van der Waals surface area contributed by atoms with Crippen molar-refractivity contribution in [2.75, 3.05) is 19.8 Å². The molecule has 0 saturated heterocycles. The number of aromatic carboxylic acids is 1. The van der Waals surface area contributed by atoms with Crippen molar-refractivity contribution in [1.29, 1.82) is 0 Å². The molecular formula is C22H20O6. The molecule has 0 aliphatic heterocycles. The van der Waals surface area contributed by atoms with Crippen molar-refractivity contribution in [2.45, 2.75) is 6.92 Å². The SMILES string of the molecule is CCOCCOc1ccccc1C=Cc1cc(=O)c2cc(C(=O)O)ccc2o1. The summed E-state index contributed by atoms with van der Waals surface area (Å²) in [5.74, 6) is -0.0244. The van der Waals surface area contributed by atoms with Crippen molar-refractivity contribution in [3.05, 3.63) is 75.6 Å². The van der Waals surface area contributed by atoms with Crippen molar-refractivity contribution in [3.63, 3.8) is 0 Å². The van der Waals surface area contributed by atoms with Gasteiger partial charge in [-0.15, -0.1) is 0 Å². The molecule has 144 valence electrons. The van der Waals surface area contributed by atoms with E-state index in [-0.39, 0.29) is 16.4 Å². The van der Waals surface area contributed by atoms with Crippen LogP contribution in [0.5, 0.6) is 5.75 Å². The fourth-order valence-corrected chi connectivity index (χ4v) is 2.67. The minimum absolute atomic E-state index is 0.0428. The van der Waals surface area contributed by atoms with Gasteiger partial charge in [-0.1, -0.05) is 18.2 Å². The van der Waals surface area contributed by atoms with Gasteiger partial charge >= 0.3 is 5.97 Å². The molecular weight excluding hydrogens is 360 g/mol. The van der Waals surface area contributed by atoms with Crippen molar-refractivity contribution < 1.29 is 23.8 Å². The molecule has 0 aliphatic carbocycles. The Bertz CT molecular complexity index is 1060. The van der Waals surface area contributed by atoms with Crippen LogP contribution in [0.4, 0.5) is 0 Å². The monoisotopic (exact) mass is 380 g/mol. The number of fused-ring (bicyclic) bond motifs is 1. The summed E-state index contributed by atoms with van der Waals surface area (Å²) in [6, 6.07) is 13.1. The van der Waals surface area contributed by atoms with E-state index in [9.17, 15) is 9.59 Å². The Kier molecular flexibility index (Phi) is 6.24. The zero-order valence-corrected chi connectivity index (χ0v) is 15.4. The topological polar surface area (TPSA) is 86.0 Å². The summed E-state index contributed by atoms with van der Waals surface area (Å²) >= 11 is 0. The third-order valence-electron chi connectivity index (χ3n) is 4.03. The Labute approximate surface area is 161 Å². The van der Waals surface area contributed by atoms with E-state index in [0.717, 1.165) is 5.56 Å². The van der Waals surface area contributed by atoms with E-state index in [0.29, 0.717) is 36.9 Å². The van der Waals surface area contributed by atoms with Gasteiger partial charge in [0.25, 0.3) is 0 Å². The maximum atomic E-state index is 12.3. The average molecular weight is 380 g/mol. The fraction of sp³-hybridized carbons (Fsp3) is 0.182. The molecule has 1 N–H and O–H groups in total. The lowest BCUT2D eigenvalue weighted by molar-refractivity contribution is 0.0697. The predicted molar refractivity (Wildman–Crippen MR) is 107 cm³/mol. The molecule has 28 heavy (non-hydrogen) atoms. The highest BCUT2D eigenvalue weighted by molar-refractivity contribution is 5.92. The number of hydrogen-bond acceptors (Lipinski definition) is 5. The molecule has 0 atom stereocenters. The van der Waals surface area contributed by atoms with E-state index < -0.39 is 5.97 Å². The molecule has 0 spiro atoms. The van der Waals surface area contributed by atoms with Crippen LogP contribution >= 0.6 is 0 Å². The molecule has 6 nitrogen and oxygen atoms in total. The lowest BCUT2D eigenvalue weighted by atomic mass is 10.1. The second-order valence-corrected chi connectivity index (χ2v) is 5.95. The fourth-order valence-electron chi connectivity index (χ4n) is 2.67. The van der Waals surface area contributed by atoms with Gasteiger partial charge in [-0.3, -0.25) is 4.79 Å². The Morgan fingerprint density at radius 3 is 2.71 bits per heavy atom. The van der Waals surface area contributed by atoms with Gasteiger partial charge in [-0.25, -0.2) is 4.79 Å². The maximum Gasteiger partial charge on any atom is 0.335 e. The molecule has 0 fully saturated rings. The molecule has 1 aromatic heterocycles. The van der Waals surface area contributed by atoms with E-state index in [1.54, 1.807) is 12.2 Å². The van der Waals surface area contributed by atoms with Crippen molar-refractivity contribution in [1.82, 2.24) is 0 Å². The molecule has 0 unspecified atom stereocenters. The first-order chi connectivity index (χ1) is 13.6. The average Bonchev–Trinajstić information content (AvgIpc) is 2.70. The summed E-state index contributed by atoms with van der Waals surface area (Å²) in [4.78, 5) is 23.4. The minimum atomic E-state index is -1.09. The van der Waals surface area contributed by atoms with E-state index >= 15 is 0 Å². The first kappa shape index (κ1) is 19.4. The highest BCUT2D eigenvalue weighted by Crippen LogP contribution is 2.21. The Balaban J connectivity index is 1.85. The van der Waals surface area contributed by atoms with Crippen LogP contribution in [-0.2, 0) is 4.74 Å². The third-order valence-corrected chi connectivity index (χ3v) is 4.03. The van der Waals surface area contributed by atoms with Gasteiger partial charge in [0.2, 0.25) is 0 Å². The molecule has 0 saturated carbocycles. The first-order valence-corrected chi connectivity index (χ1v) is 8.87. The summed E-state index contributed by atoms with van der Waals surface area (Å²) < 4.78 is 16.7. The number of carbonyl (C=O) groups is 1. The number of rotatable bonds is 8. The minimum Gasteiger partial charge on any atom is -0.491 e. The van der Waals surface area contributed by atoms with Gasteiger partial charge in [-0.2, -0.15) is 0 Å². The summed E-state index contributed by atoms with van der Waals surface area (Å²) in [6.07, 6.45) is 3.47. The second kappa shape index (κ2) is 9.01. The summed E-state index contributed by atoms with van der Waals surface area (Å²) in [7, 11) is 0. The van der Waals surface area contributed by atoms with E-state index in [1.807, 2.05) is 31.2 Å². The van der Waals surface area contributed by atoms with Crippen LogP contribution in [0.25, 0.3) is 23.1 Å². The molecule has 0 amide bonds. The van der Waals surface area contributed by atoms with E-state index in [4.69, 9.17) is 19.0 Å². The van der Waals surface area contributed by atoms with Crippen LogP contribution in [0.1, 0.15) is 28.6 Å². The van der Waals surface area contributed by atoms with E-state index in [2.05, 4.69) is 0 Å². The zero-order chi connectivity index (χ0) is 19.9. The molecule has 3 aromatic rings. The maximum absolute atomic E-state index is 12.3. The number of ether oxygens (including phenoxy) is 2. The molecule has 3 rings (SSSR count). The van der Waals surface area contributed by atoms with Crippen LogP contribution in [0, 0.1) is 0 Å². The first-order valence-electron chi connectivity index (χ1n) is 8.87. The van der Waals surface area contributed by atoms with Gasteiger partial charge in [0, 0.05) is 18.2 Å². The van der Waals surface area contributed by atoms with Gasteiger partial charge in [0.1, 0.15) is 23.7 Å². The van der Waals surface area contributed by atoms with Gasteiger partial charge in [0.05, 0.1) is 17.6 Å². The van der Waals surface area contributed by atoms with Crippen LogP contribution in [0.2, 0.25) is 0 Å². The molecule has 0 aliphatic rings. The lowest BCUT2D eigenvalue weighted by Gasteiger charge is -2.09. The summed E-state index contributed by atoms with van der Waals surface area (Å²) in [5, 5.41) is 9.29. The van der Waals surface area contributed by atoms with Crippen LogP contribution in [0.3, 0.4) is 0 Å². The number of carboxylic acid groups (broad SMARTS) is 1. The van der Waals surface area contributed by atoms with Crippen LogP contribution in [0.15, 0.2) is 57.7 Å². The predicted octanol–water partition coefficient (Wildman–Crippen LogP) is 4.08.